The Morgan fingerprint density at radius 1 is 1.10 bits per heavy atom. The van der Waals surface area contributed by atoms with Crippen LogP contribution >= 0.6 is 0 Å². The molecule has 0 aliphatic rings. The molecule has 0 radical (unpaired) electrons. The monoisotopic (exact) mass is 281 g/mol. The Morgan fingerprint density at radius 2 is 2.00 bits per heavy atom. The van der Waals surface area contributed by atoms with Crippen LogP contribution in [0.25, 0.3) is 10.9 Å². The van der Waals surface area contributed by atoms with Crippen molar-refractivity contribution in [2.45, 2.75) is 6.42 Å². The minimum Gasteiger partial charge on any atom is -0.397 e. The van der Waals surface area contributed by atoms with Crippen LogP contribution in [0.2, 0.25) is 0 Å². The maximum absolute atomic E-state index is 13.1. The Balaban J connectivity index is 1.75. The average molecular weight is 281 g/mol. The van der Waals surface area contributed by atoms with Crippen LogP contribution in [0.4, 0.5) is 15.8 Å². The number of hydrogen-bond donors (Lipinski definition) is 2. The number of nitrogens with zero attached hydrogens (tertiary/aromatic N) is 1. The Morgan fingerprint density at radius 3 is 2.86 bits per heavy atom. The van der Waals surface area contributed by atoms with E-state index in [-0.39, 0.29) is 5.82 Å². The number of pyridine rings is 1. The molecule has 1 heterocycles. The lowest BCUT2D eigenvalue weighted by Gasteiger charge is -2.11. The van der Waals surface area contributed by atoms with Gasteiger partial charge in [0, 0.05) is 23.8 Å². The number of nitrogen functional groups attached to an aromatic ring is 1. The molecule has 3 N–H and O–H groups in total. The summed E-state index contributed by atoms with van der Waals surface area (Å²) in [7, 11) is 0. The van der Waals surface area contributed by atoms with Crippen LogP contribution in [0.5, 0.6) is 0 Å². The van der Waals surface area contributed by atoms with Crippen molar-refractivity contribution < 1.29 is 4.39 Å². The van der Waals surface area contributed by atoms with Crippen LogP contribution in [0.1, 0.15) is 5.56 Å². The second kappa shape index (κ2) is 5.79. The van der Waals surface area contributed by atoms with Gasteiger partial charge in [-0.1, -0.05) is 12.1 Å². The van der Waals surface area contributed by atoms with Crippen molar-refractivity contribution in [3.05, 3.63) is 66.1 Å². The van der Waals surface area contributed by atoms with Gasteiger partial charge in [0.15, 0.2) is 0 Å². The number of nitrogens with one attached hydrogen (secondary N) is 1. The molecule has 106 valence electrons. The van der Waals surface area contributed by atoms with Gasteiger partial charge in [-0.3, -0.25) is 4.98 Å². The zero-order valence-electron chi connectivity index (χ0n) is 11.5. The van der Waals surface area contributed by atoms with E-state index in [0.29, 0.717) is 5.69 Å². The fourth-order valence-corrected chi connectivity index (χ4v) is 2.38. The van der Waals surface area contributed by atoms with Gasteiger partial charge >= 0.3 is 0 Å². The van der Waals surface area contributed by atoms with Crippen molar-refractivity contribution in [1.29, 1.82) is 0 Å². The number of rotatable bonds is 4. The molecular formula is C17H16FN3. The third-order valence-electron chi connectivity index (χ3n) is 3.42. The summed E-state index contributed by atoms with van der Waals surface area (Å²) in [5.74, 6) is -0.199. The van der Waals surface area contributed by atoms with E-state index in [1.54, 1.807) is 18.3 Å². The number of hydrogen-bond acceptors (Lipinski definition) is 3. The molecule has 0 aliphatic carbocycles. The molecule has 0 unspecified atom stereocenters. The Hall–Kier alpha value is -2.62. The minimum absolute atomic E-state index is 0.199. The lowest BCUT2D eigenvalue weighted by atomic mass is 10.1. The molecule has 3 aromatic rings. The Bertz CT molecular complexity index is 771. The van der Waals surface area contributed by atoms with Crippen molar-refractivity contribution >= 4 is 22.3 Å². The number of halogens is 1. The van der Waals surface area contributed by atoms with Gasteiger partial charge in [0.05, 0.1) is 11.2 Å². The predicted octanol–water partition coefficient (Wildman–Crippen LogP) is 3.61. The molecule has 21 heavy (non-hydrogen) atoms. The van der Waals surface area contributed by atoms with E-state index in [9.17, 15) is 4.39 Å². The first-order chi connectivity index (χ1) is 10.2. The largest absolute Gasteiger partial charge is 0.397 e. The standard InChI is InChI=1S/C17H16FN3/c18-13-4-1-3-12(11-13)8-10-20-16-7-6-15(19)17-14(16)5-2-9-21-17/h1-7,9,11,20H,8,10,19H2. The number of anilines is 2. The molecule has 1 aromatic heterocycles. The highest BCUT2D eigenvalue weighted by atomic mass is 19.1. The second-order valence-electron chi connectivity index (χ2n) is 4.91. The summed E-state index contributed by atoms with van der Waals surface area (Å²) in [6, 6.07) is 14.3. The Kier molecular flexibility index (Phi) is 3.69. The van der Waals surface area contributed by atoms with E-state index in [2.05, 4.69) is 10.3 Å². The molecule has 0 fully saturated rings. The van der Waals surface area contributed by atoms with Crippen molar-refractivity contribution in [3.8, 4) is 0 Å². The molecule has 0 saturated heterocycles. The van der Waals surface area contributed by atoms with Crippen LogP contribution in [0.3, 0.4) is 0 Å². The van der Waals surface area contributed by atoms with Crippen LogP contribution in [-0.2, 0) is 6.42 Å². The number of aromatic nitrogens is 1. The topological polar surface area (TPSA) is 50.9 Å². The predicted molar refractivity (Wildman–Crippen MR) is 84.7 cm³/mol. The molecule has 0 amide bonds. The molecule has 0 bridgehead atoms. The van der Waals surface area contributed by atoms with E-state index in [4.69, 9.17) is 5.73 Å². The summed E-state index contributed by atoms with van der Waals surface area (Å²) in [4.78, 5) is 4.30. The van der Waals surface area contributed by atoms with Crippen LogP contribution in [0.15, 0.2) is 54.7 Å². The van der Waals surface area contributed by atoms with Crippen LogP contribution in [0, 0.1) is 5.82 Å². The fourth-order valence-electron chi connectivity index (χ4n) is 2.38. The molecular weight excluding hydrogens is 265 g/mol. The number of nitrogens with two attached hydrogens (primary N) is 1. The number of fused-ring (bicyclic) bond motifs is 1. The van der Waals surface area contributed by atoms with Crippen molar-refractivity contribution in [2.24, 2.45) is 0 Å². The van der Waals surface area contributed by atoms with Gasteiger partial charge in [0.2, 0.25) is 0 Å². The lowest BCUT2D eigenvalue weighted by molar-refractivity contribution is 0.625. The van der Waals surface area contributed by atoms with Gasteiger partial charge in [-0.05, 0) is 48.4 Å². The van der Waals surface area contributed by atoms with Gasteiger partial charge in [-0.15, -0.1) is 0 Å². The molecule has 4 heteroatoms. The second-order valence-corrected chi connectivity index (χ2v) is 4.91. The molecule has 0 atom stereocenters. The fraction of sp³-hybridized carbons (Fsp3) is 0.118. The SMILES string of the molecule is Nc1ccc(NCCc2cccc(F)c2)c2cccnc12. The van der Waals surface area contributed by atoms with Crippen LogP contribution in [-0.4, -0.2) is 11.5 Å². The van der Waals surface area contributed by atoms with Crippen molar-refractivity contribution in [3.63, 3.8) is 0 Å². The average Bonchev–Trinajstić information content (AvgIpc) is 2.50. The highest BCUT2D eigenvalue weighted by molar-refractivity contribution is 5.98. The van der Waals surface area contributed by atoms with E-state index < -0.39 is 0 Å². The van der Waals surface area contributed by atoms with Crippen molar-refractivity contribution in [2.75, 3.05) is 17.6 Å². The molecule has 0 aliphatic heterocycles. The van der Waals surface area contributed by atoms with E-state index in [1.165, 1.54) is 6.07 Å². The first kappa shape index (κ1) is 13.4. The van der Waals surface area contributed by atoms with Gasteiger partial charge in [0.25, 0.3) is 0 Å². The van der Waals surface area contributed by atoms with Gasteiger partial charge in [0.1, 0.15) is 5.82 Å². The number of benzene rings is 2. The smallest absolute Gasteiger partial charge is 0.123 e. The minimum atomic E-state index is -0.199. The quantitative estimate of drug-likeness (QED) is 0.718. The first-order valence-electron chi connectivity index (χ1n) is 6.85. The summed E-state index contributed by atoms with van der Waals surface area (Å²) in [6.07, 6.45) is 2.49. The van der Waals surface area contributed by atoms with Crippen LogP contribution < -0.4 is 11.1 Å². The van der Waals surface area contributed by atoms with Gasteiger partial charge in [-0.2, -0.15) is 0 Å². The normalized spacial score (nSPS) is 10.7. The summed E-state index contributed by atoms with van der Waals surface area (Å²) >= 11 is 0. The summed E-state index contributed by atoms with van der Waals surface area (Å²) in [6.45, 7) is 0.720. The van der Waals surface area contributed by atoms with E-state index in [0.717, 1.165) is 35.1 Å². The van der Waals surface area contributed by atoms with E-state index >= 15 is 0 Å². The summed E-state index contributed by atoms with van der Waals surface area (Å²) < 4.78 is 13.1. The highest BCUT2D eigenvalue weighted by Gasteiger charge is 2.04. The van der Waals surface area contributed by atoms with Gasteiger partial charge < -0.3 is 11.1 Å². The van der Waals surface area contributed by atoms with E-state index in [1.807, 2.05) is 30.3 Å². The molecule has 2 aromatic carbocycles. The zero-order chi connectivity index (χ0) is 14.7. The summed E-state index contributed by atoms with van der Waals surface area (Å²) in [5.41, 5.74) is 9.36. The highest BCUT2D eigenvalue weighted by Crippen LogP contribution is 2.26. The summed E-state index contributed by atoms with van der Waals surface area (Å²) in [5, 5.41) is 4.36. The zero-order valence-corrected chi connectivity index (χ0v) is 11.5. The molecule has 0 saturated carbocycles. The molecule has 3 nitrogen and oxygen atoms in total. The maximum atomic E-state index is 13.1. The third kappa shape index (κ3) is 2.94. The third-order valence-corrected chi connectivity index (χ3v) is 3.42. The Labute approximate surface area is 122 Å². The lowest BCUT2D eigenvalue weighted by Crippen LogP contribution is -2.06. The van der Waals surface area contributed by atoms with Crippen molar-refractivity contribution in [1.82, 2.24) is 4.98 Å². The maximum Gasteiger partial charge on any atom is 0.123 e. The first-order valence-corrected chi connectivity index (χ1v) is 6.85. The molecule has 0 spiro atoms. The van der Waals surface area contributed by atoms with Gasteiger partial charge in [-0.25, -0.2) is 4.39 Å². The molecule has 3 rings (SSSR count).